The Balaban J connectivity index is 1.58. The predicted molar refractivity (Wildman–Crippen MR) is 82.9 cm³/mol. The van der Waals surface area contributed by atoms with Gasteiger partial charge in [-0.1, -0.05) is 31.5 Å². The predicted octanol–water partition coefficient (Wildman–Crippen LogP) is 1.65. The fraction of sp³-hybridized carbons (Fsp3) is 0.929. The molecule has 2 rings (SSSR count). The van der Waals surface area contributed by atoms with E-state index in [2.05, 4.69) is 21.7 Å². The minimum Gasteiger partial charge on any atom is -0.396 e. The molecule has 1 N–H and O–H groups in total. The highest BCUT2D eigenvalue weighted by Gasteiger charge is 2.24. The van der Waals surface area contributed by atoms with Crippen LogP contribution in [0.5, 0.6) is 0 Å². The molecule has 2 aliphatic rings. The molecule has 0 amide bonds. The maximum absolute atomic E-state index is 8.74. The van der Waals surface area contributed by atoms with Gasteiger partial charge >= 0.3 is 0 Å². The van der Waals surface area contributed by atoms with Crippen LogP contribution in [0.3, 0.4) is 0 Å². The normalized spacial score (nSPS) is 24.8. The minimum atomic E-state index is 0.344. The van der Waals surface area contributed by atoms with Crippen molar-refractivity contribution in [3.8, 4) is 0 Å². The van der Waals surface area contributed by atoms with Crippen molar-refractivity contribution in [3.63, 3.8) is 0 Å². The Bertz CT molecular complexity index is 290. The van der Waals surface area contributed by atoms with E-state index in [0.29, 0.717) is 11.9 Å². The number of amidine groups is 1. The fourth-order valence-electron chi connectivity index (χ4n) is 2.60. The summed E-state index contributed by atoms with van der Waals surface area (Å²) in [4.78, 5) is 9.65. The molecule has 0 spiro atoms. The number of hydrogen-bond acceptors (Lipinski definition) is 5. The second-order valence-corrected chi connectivity index (χ2v) is 6.92. The van der Waals surface area contributed by atoms with Crippen LogP contribution in [0.15, 0.2) is 4.99 Å². The van der Waals surface area contributed by atoms with Crippen molar-refractivity contribution in [2.24, 2.45) is 4.99 Å². The molecule has 1 saturated heterocycles. The molecule has 0 aliphatic carbocycles. The van der Waals surface area contributed by atoms with Crippen molar-refractivity contribution in [2.45, 2.75) is 37.9 Å². The Morgan fingerprint density at radius 3 is 2.53 bits per heavy atom. The molecule has 0 aromatic carbocycles. The maximum Gasteiger partial charge on any atom is 0.159 e. The van der Waals surface area contributed by atoms with Crippen LogP contribution >= 0.6 is 11.8 Å². The number of aliphatic hydroxyl groups excluding tert-OH is 1. The third-order valence-electron chi connectivity index (χ3n) is 3.82. The Hall–Kier alpha value is -0.260. The number of thioether (sulfide) groups is 1. The lowest BCUT2D eigenvalue weighted by molar-refractivity contribution is 0.180. The van der Waals surface area contributed by atoms with Crippen molar-refractivity contribution in [2.75, 3.05) is 45.9 Å². The molecule has 110 valence electrons. The van der Waals surface area contributed by atoms with Crippen molar-refractivity contribution in [1.29, 1.82) is 0 Å². The van der Waals surface area contributed by atoms with Gasteiger partial charge in [0.25, 0.3) is 0 Å². The Labute approximate surface area is 121 Å². The first-order valence-corrected chi connectivity index (χ1v) is 8.47. The molecule has 2 heterocycles. The zero-order valence-corrected chi connectivity index (χ0v) is 12.9. The van der Waals surface area contributed by atoms with Crippen LogP contribution in [0, 0.1) is 0 Å². The van der Waals surface area contributed by atoms with Crippen LogP contribution in [-0.2, 0) is 0 Å². The Kier molecular flexibility index (Phi) is 6.47. The molecule has 0 saturated carbocycles. The molecule has 0 bridgehead atoms. The molecular formula is C14H27N3OS. The van der Waals surface area contributed by atoms with E-state index in [0.717, 1.165) is 26.1 Å². The molecule has 5 heteroatoms. The monoisotopic (exact) mass is 285 g/mol. The van der Waals surface area contributed by atoms with Crippen LogP contribution in [0.25, 0.3) is 0 Å². The Morgan fingerprint density at radius 2 is 1.89 bits per heavy atom. The molecule has 1 unspecified atom stereocenters. The van der Waals surface area contributed by atoms with Crippen molar-refractivity contribution in [1.82, 2.24) is 9.80 Å². The smallest absolute Gasteiger partial charge is 0.159 e. The highest BCUT2D eigenvalue weighted by atomic mass is 32.2. The number of unbranched alkanes of at least 4 members (excludes halogenated alkanes) is 3. The van der Waals surface area contributed by atoms with Gasteiger partial charge in [-0.05, 0) is 19.4 Å². The molecule has 19 heavy (non-hydrogen) atoms. The summed E-state index contributed by atoms with van der Waals surface area (Å²) in [5.41, 5.74) is 0. The van der Waals surface area contributed by atoms with Gasteiger partial charge in [0.05, 0.1) is 6.54 Å². The summed E-state index contributed by atoms with van der Waals surface area (Å²) >= 11 is 1.93. The summed E-state index contributed by atoms with van der Waals surface area (Å²) < 4.78 is 0. The second-order valence-electron chi connectivity index (χ2n) is 5.52. The van der Waals surface area contributed by atoms with Crippen LogP contribution < -0.4 is 0 Å². The molecule has 1 atom stereocenters. The minimum absolute atomic E-state index is 0.344. The van der Waals surface area contributed by atoms with E-state index in [9.17, 15) is 0 Å². The maximum atomic E-state index is 8.74. The SMILES string of the molecule is CC1CN=C(N2CCN(CCCCCCO)CC2)S1. The molecule has 4 nitrogen and oxygen atoms in total. The van der Waals surface area contributed by atoms with E-state index in [1.165, 1.54) is 44.1 Å². The van der Waals surface area contributed by atoms with E-state index in [1.807, 2.05) is 11.8 Å². The van der Waals surface area contributed by atoms with Gasteiger partial charge in [-0.2, -0.15) is 0 Å². The molecule has 0 radical (unpaired) electrons. The third kappa shape index (κ3) is 4.97. The lowest BCUT2D eigenvalue weighted by Gasteiger charge is -2.35. The topological polar surface area (TPSA) is 39.1 Å². The van der Waals surface area contributed by atoms with Gasteiger partial charge in [0.1, 0.15) is 0 Å². The van der Waals surface area contributed by atoms with E-state index in [1.54, 1.807) is 0 Å². The van der Waals surface area contributed by atoms with Gasteiger partial charge in [-0.3, -0.25) is 9.89 Å². The summed E-state index contributed by atoms with van der Waals surface area (Å²) in [6.45, 7) is 9.42. The third-order valence-corrected chi connectivity index (χ3v) is 4.97. The van der Waals surface area contributed by atoms with E-state index in [-0.39, 0.29) is 0 Å². The van der Waals surface area contributed by atoms with E-state index < -0.39 is 0 Å². The Morgan fingerprint density at radius 1 is 1.16 bits per heavy atom. The summed E-state index contributed by atoms with van der Waals surface area (Å²) in [5, 5.41) is 10.7. The summed E-state index contributed by atoms with van der Waals surface area (Å²) in [5.74, 6) is 0. The van der Waals surface area contributed by atoms with Gasteiger partial charge in [0.2, 0.25) is 0 Å². The lowest BCUT2D eigenvalue weighted by Crippen LogP contribution is -2.47. The van der Waals surface area contributed by atoms with Gasteiger partial charge in [0, 0.05) is 38.0 Å². The first-order chi connectivity index (χ1) is 9.29. The molecule has 2 aliphatic heterocycles. The van der Waals surface area contributed by atoms with Gasteiger partial charge < -0.3 is 10.0 Å². The first kappa shape index (κ1) is 15.1. The number of rotatable bonds is 6. The van der Waals surface area contributed by atoms with Gasteiger partial charge in [0.15, 0.2) is 5.17 Å². The fourth-order valence-corrected chi connectivity index (χ4v) is 3.59. The number of hydrogen-bond donors (Lipinski definition) is 1. The number of aliphatic imine (C=N–C) groups is 1. The molecular weight excluding hydrogens is 258 g/mol. The van der Waals surface area contributed by atoms with Gasteiger partial charge in [-0.25, -0.2) is 0 Å². The summed E-state index contributed by atoms with van der Waals surface area (Å²) in [6, 6.07) is 0. The van der Waals surface area contributed by atoms with Crippen molar-refractivity contribution in [3.05, 3.63) is 0 Å². The van der Waals surface area contributed by atoms with Gasteiger partial charge in [-0.15, -0.1) is 0 Å². The first-order valence-electron chi connectivity index (χ1n) is 7.59. The highest BCUT2D eigenvalue weighted by Crippen LogP contribution is 2.23. The van der Waals surface area contributed by atoms with Crippen LogP contribution in [-0.4, -0.2) is 71.2 Å². The molecule has 0 aromatic rings. The molecule has 0 aromatic heterocycles. The van der Waals surface area contributed by atoms with Crippen molar-refractivity contribution < 1.29 is 5.11 Å². The van der Waals surface area contributed by atoms with E-state index >= 15 is 0 Å². The molecule has 1 fully saturated rings. The number of nitrogens with zero attached hydrogens (tertiary/aromatic N) is 3. The van der Waals surface area contributed by atoms with Crippen LogP contribution in [0.4, 0.5) is 0 Å². The van der Waals surface area contributed by atoms with Crippen molar-refractivity contribution >= 4 is 16.9 Å². The average Bonchev–Trinajstić information content (AvgIpc) is 2.86. The largest absolute Gasteiger partial charge is 0.396 e. The zero-order chi connectivity index (χ0) is 13.5. The number of piperazine rings is 1. The zero-order valence-electron chi connectivity index (χ0n) is 12.1. The second kappa shape index (κ2) is 8.12. The average molecular weight is 285 g/mol. The summed E-state index contributed by atoms with van der Waals surface area (Å²) in [7, 11) is 0. The standard InChI is InChI=1S/C14H27N3OS/c1-13-12-15-14(19-13)17-9-7-16(8-10-17)6-4-2-3-5-11-18/h13,18H,2-12H2,1H3. The van der Waals surface area contributed by atoms with Crippen LogP contribution in [0.1, 0.15) is 32.6 Å². The number of aliphatic hydroxyl groups is 1. The van der Waals surface area contributed by atoms with Crippen LogP contribution in [0.2, 0.25) is 0 Å². The summed E-state index contributed by atoms with van der Waals surface area (Å²) in [6.07, 6.45) is 4.65. The van der Waals surface area contributed by atoms with E-state index in [4.69, 9.17) is 5.11 Å². The quantitative estimate of drug-likeness (QED) is 0.753. The highest BCUT2D eigenvalue weighted by molar-refractivity contribution is 8.14. The lowest BCUT2D eigenvalue weighted by atomic mass is 10.2.